The van der Waals surface area contributed by atoms with Gasteiger partial charge in [0.25, 0.3) is 0 Å². The number of hydrogen-bond acceptors (Lipinski definition) is 4. The number of carboxylic acids is 1. The molecular weight excluding hydrogens is 312 g/mol. The normalized spacial score (nSPS) is 11.8. The fraction of sp³-hybridized carbons (Fsp3) is 0.471. The van der Waals surface area contributed by atoms with Crippen molar-refractivity contribution in [1.82, 2.24) is 0 Å². The standard InChI is InChI=1S/C17H26O5Si/c1-17(2,3)14-12(20-4)10-11(8-9-13(18)19)15(16(14)21-5)22-23(6)7/h8-10,23H,1-7H3,(H,18,19)/b9-8+. The summed E-state index contributed by atoms with van der Waals surface area (Å²) < 4.78 is 17.2. The zero-order chi connectivity index (χ0) is 17.8. The Balaban J connectivity index is 3.73. The number of aliphatic carboxylic acids is 1. The molecule has 0 aliphatic rings. The van der Waals surface area contributed by atoms with Crippen LogP contribution in [0.3, 0.4) is 0 Å². The molecule has 6 heteroatoms. The van der Waals surface area contributed by atoms with Crippen molar-refractivity contribution in [2.45, 2.75) is 39.3 Å². The average molecular weight is 338 g/mol. The van der Waals surface area contributed by atoms with E-state index in [1.807, 2.05) is 13.1 Å². The minimum Gasteiger partial charge on any atom is -0.544 e. The van der Waals surface area contributed by atoms with Crippen LogP contribution in [0.25, 0.3) is 6.08 Å². The molecule has 0 heterocycles. The van der Waals surface area contributed by atoms with Crippen LogP contribution in [0, 0.1) is 0 Å². The summed E-state index contributed by atoms with van der Waals surface area (Å²) in [6, 6.07) is 1.80. The van der Waals surface area contributed by atoms with Gasteiger partial charge in [-0.05, 0) is 30.7 Å². The highest BCUT2D eigenvalue weighted by Gasteiger charge is 2.29. The third-order valence-corrected chi connectivity index (χ3v) is 3.87. The Kier molecular flexibility index (Phi) is 6.26. The molecule has 1 aromatic rings. The van der Waals surface area contributed by atoms with Crippen molar-refractivity contribution in [2.75, 3.05) is 14.2 Å². The summed E-state index contributed by atoms with van der Waals surface area (Å²) in [4.78, 5) is 10.9. The maximum atomic E-state index is 10.9. The molecule has 0 aromatic heterocycles. The van der Waals surface area contributed by atoms with Gasteiger partial charge in [0.1, 0.15) is 5.75 Å². The van der Waals surface area contributed by atoms with Gasteiger partial charge in [0.05, 0.1) is 14.2 Å². The van der Waals surface area contributed by atoms with Gasteiger partial charge in [0.2, 0.25) is 9.04 Å². The van der Waals surface area contributed by atoms with E-state index in [1.165, 1.54) is 6.08 Å². The Labute approximate surface area is 139 Å². The van der Waals surface area contributed by atoms with Gasteiger partial charge in [-0.15, -0.1) is 0 Å². The van der Waals surface area contributed by atoms with Gasteiger partial charge in [0.15, 0.2) is 11.5 Å². The molecule has 0 fully saturated rings. The van der Waals surface area contributed by atoms with E-state index in [2.05, 4.69) is 20.8 Å². The average Bonchev–Trinajstić information content (AvgIpc) is 2.43. The van der Waals surface area contributed by atoms with E-state index in [0.29, 0.717) is 22.8 Å². The molecule has 0 saturated heterocycles. The molecule has 0 bridgehead atoms. The largest absolute Gasteiger partial charge is 0.544 e. The maximum Gasteiger partial charge on any atom is 0.328 e. The Bertz CT molecular complexity index is 600. The molecule has 128 valence electrons. The monoisotopic (exact) mass is 338 g/mol. The number of benzene rings is 1. The van der Waals surface area contributed by atoms with Crippen LogP contribution in [0.2, 0.25) is 13.1 Å². The summed E-state index contributed by atoms with van der Waals surface area (Å²) in [6.07, 6.45) is 2.59. The number of ether oxygens (including phenoxy) is 2. The lowest BCUT2D eigenvalue weighted by Crippen LogP contribution is -2.18. The molecule has 0 spiro atoms. The Morgan fingerprint density at radius 3 is 2.17 bits per heavy atom. The molecule has 0 aliphatic heterocycles. The topological polar surface area (TPSA) is 65.0 Å². The van der Waals surface area contributed by atoms with E-state index < -0.39 is 15.0 Å². The summed E-state index contributed by atoms with van der Waals surface area (Å²) in [5.74, 6) is 0.813. The molecule has 23 heavy (non-hydrogen) atoms. The van der Waals surface area contributed by atoms with Crippen molar-refractivity contribution in [3.8, 4) is 17.2 Å². The Morgan fingerprint density at radius 2 is 1.78 bits per heavy atom. The molecule has 1 rings (SSSR count). The van der Waals surface area contributed by atoms with Crippen LogP contribution in [-0.2, 0) is 10.2 Å². The van der Waals surface area contributed by atoms with Crippen LogP contribution in [-0.4, -0.2) is 34.3 Å². The zero-order valence-corrected chi connectivity index (χ0v) is 16.0. The van der Waals surface area contributed by atoms with Crippen LogP contribution >= 0.6 is 0 Å². The molecule has 0 unspecified atom stereocenters. The third-order valence-electron chi connectivity index (χ3n) is 3.16. The second-order valence-corrected chi connectivity index (χ2v) is 8.83. The van der Waals surface area contributed by atoms with Crippen LogP contribution in [0.15, 0.2) is 12.1 Å². The first-order valence-electron chi connectivity index (χ1n) is 7.49. The minimum absolute atomic E-state index is 0.220. The van der Waals surface area contributed by atoms with Crippen molar-refractivity contribution >= 4 is 21.1 Å². The first kappa shape index (κ1) is 19.1. The first-order chi connectivity index (χ1) is 10.6. The highest BCUT2D eigenvalue weighted by Crippen LogP contribution is 2.47. The minimum atomic E-state index is -1.42. The predicted octanol–water partition coefficient (Wildman–Crippen LogP) is 3.46. The molecule has 0 saturated carbocycles. The van der Waals surface area contributed by atoms with Gasteiger partial charge in [-0.1, -0.05) is 20.8 Å². The zero-order valence-electron chi connectivity index (χ0n) is 14.9. The van der Waals surface area contributed by atoms with Gasteiger partial charge in [-0.25, -0.2) is 4.79 Å². The fourth-order valence-electron chi connectivity index (χ4n) is 2.34. The van der Waals surface area contributed by atoms with Crippen molar-refractivity contribution in [1.29, 1.82) is 0 Å². The quantitative estimate of drug-likeness (QED) is 0.635. The number of carboxylic acid groups (broad SMARTS) is 1. The maximum absolute atomic E-state index is 10.9. The van der Waals surface area contributed by atoms with Crippen LogP contribution < -0.4 is 13.9 Å². The van der Waals surface area contributed by atoms with Gasteiger partial charge >= 0.3 is 5.97 Å². The van der Waals surface area contributed by atoms with E-state index >= 15 is 0 Å². The van der Waals surface area contributed by atoms with Gasteiger partial charge in [-0.3, -0.25) is 0 Å². The summed E-state index contributed by atoms with van der Waals surface area (Å²) in [6.45, 7) is 10.3. The number of hydrogen-bond donors (Lipinski definition) is 1. The number of carbonyl (C=O) groups is 1. The summed E-state index contributed by atoms with van der Waals surface area (Å²) in [7, 11) is 1.76. The van der Waals surface area contributed by atoms with E-state index in [-0.39, 0.29) is 5.41 Å². The lowest BCUT2D eigenvalue weighted by molar-refractivity contribution is -0.131. The van der Waals surface area contributed by atoms with Gasteiger partial charge < -0.3 is 19.0 Å². The lowest BCUT2D eigenvalue weighted by atomic mass is 9.84. The molecule has 0 aliphatic carbocycles. The lowest BCUT2D eigenvalue weighted by Gasteiger charge is -2.28. The van der Waals surface area contributed by atoms with E-state index in [0.717, 1.165) is 11.6 Å². The van der Waals surface area contributed by atoms with Crippen LogP contribution in [0.5, 0.6) is 17.2 Å². The summed E-state index contributed by atoms with van der Waals surface area (Å²) >= 11 is 0. The van der Waals surface area contributed by atoms with Crippen LogP contribution in [0.1, 0.15) is 31.9 Å². The third kappa shape index (κ3) is 4.76. The smallest absolute Gasteiger partial charge is 0.328 e. The number of methoxy groups -OCH3 is 2. The summed E-state index contributed by atoms with van der Waals surface area (Å²) in [5, 5.41) is 8.90. The van der Waals surface area contributed by atoms with Gasteiger partial charge in [-0.2, -0.15) is 0 Å². The molecule has 0 amide bonds. The molecule has 5 nitrogen and oxygen atoms in total. The highest BCUT2D eigenvalue weighted by molar-refractivity contribution is 6.49. The second kappa shape index (κ2) is 7.54. The first-order valence-corrected chi connectivity index (χ1v) is 10.3. The van der Waals surface area contributed by atoms with Crippen molar-refractivity contribution in [3.05, 3.63) is 23.3 Å². The number of rotatable bonds is 6. The van der Waals surface area contributed by atoms with Crippen molar-refractivity contribution < 1.29 is 23.8 Å². The van der Waals surface area contributed by atoms with E-state index in [1.54, 1.807) is 20.3 Å². The Morgan fingerprint density at radius 1 is 1.17 bits per heavy atom. The van der Waals surface area contributed by atoms with Crippen molar-refractivity contribution in [2.24, 2.45) is 0 Å². The van der Waals surface area contributed by atoms with E-state index in [4.69, 9.17) is 19.0 Å². The van der Waals surface area contributed by atoms with Crippen molar-refractivity contribution in [3.63, 3.8) is 0 Å². The summed E-state index contributed by atoms with van der Waals surface area (Å²) in [5.41, 5.74) is 1.32. The molecule has 0 atom stereocenters. The second-order valence-electron chi connectivity index (χ2n) is 6.49. The highest BCUT2D eigenvalue weighted by atomic mass is 28.3. The fourth-order valence-corrected chi connectivity index (χ4v) is 3.06. The van der Waals surface area contributed by atoms with Crippen LogP contribution in [0.4, 0.5) is 0 Å². The molecular formula is C17H26O5Si. The Hall–Kier alpha value is -1.95. The van der Waals surface area contributed by atoms with E-state index in [9.17, 15) is 4.79 Å². The SMILES string of the molecule is COc1cc(/C=C/C(=O)O)c(O[SiH](C)C)c(OC)c1C(C)(C)C. The molecule has 0 radical (unpaired) electrons. The predicted molar refractivity (Wildman–Crippen MR) is 94.4 cm³/mol. The molecule has 1 aromatic carbocycles. The molecule has 1 N–H and O–H groups in total. The van der Waals surface area contributed by atoms with Gasteiger partial charge in [0, 0.05) is 17.2 Å².